The van der Waals surface area contributed by atoms with Crippen LogP contribution in [0.15, 0.2) is 70.9 Å². The molecule has 3 nitrogen and oxygen atoms in total. The zero-order chi connectivity index (χ0) is 18.7. The topological polar surface area (TPSA) is 51.2 Å². The summed E-state index contributed by atoms with van der Waals surface area (Å²) in [7, 11) is -3.74. The van der Waals surface area contributed by atoms with E-state index in [-0.39, 0.29) is 17.1 Å². The molecule has 1 aromatic heterocycles. The van der Waals surface area contributed by atoms with E-state index in [4.69, 9.17) is 0 Å². The van der Waals surface area contributed by atoms with Gasteiger partial charge in [-0.25, -0.2) is 12.8 Å². The maximum absolute atomic E-state index is 13.2. The predicted molar refractivity (Wildman–Crippen MR) is 101 cm³/mol. The minimum absolute atomic E-state index is 0.188. The number of hydrogen-bond acceptors (Lipinski definition) is 4. The normalized spacial score (nSPS) is 12.7. The summed E-state index contributed by atoms with van der Waals surface area (Å²) in [4.78, 5) is 13.4. The Balaban J connectivity index is 1.97. The van der Waals surface area contributed by atoms with Crippen LogP contribution in [0.4, 0.5) is 4.39 Å². The van der Waals surface area contributed by atoms with E-state index in [0.29, 0.717) is 10.4 Å². The molecule has 3 aromatic rings. The van der Waals surface area contributed by atoms with Crippen LogP contribution in [0.1, 0.15) is 32.5 Å². The third-order valence-corrected chi connectivity index (χ3v) is 7.36. The fraction of sp³-hybridized carbons (Fsp3) is 0.150. The quantitative estimate of drug-likeness (QED) is 0.560. The summed E-state index contributed by atoms with van der Waals surface area (Å²) in [6, 6.07) is 15.2. The molecule has 0 bridgehead atoms. The van der Waals surface area contributed by atoms with Gasteiger partial charge in [-0.3, -0.25) is 4.79 Å². The monoisotopic (exact) mass is 388 g/mol. The SMILES string of the molecule is Cc1ccc(S(=O)(=O)C(CC(=O)c2ccc(F)cc2)c2cccs2)cc1. The molecule has 0 saturated heterocycles. The molecule has 0 radical (unpaired) electrons. The lowest BCUT2D eigenvalue weighted by molar-refractivity contribution is 0.0981. The molecule has 0 fully saturated rings. The van der Waals surface area contributed by atoms with Crippen LogP contribution in [0, 0.1) is 12.7 Å². The Morgan fingerprint density at radius 2 is 1.69 bits per heavy atom. The second kappa shape index (κ2) is 7.51. The van der Waals surface area contributed by atoms with Crippen LogP contribution in [0.2, 0.25) is 0 Å². The highest BCUT2D eigenvalue weighted by molar-refractivity contribution is 7.91. The molecule has 0 aliphatic carbocycles. The molecular weight excluding hydrogens is 371 g/mol. The molecule has 1 atom stereocenters. The summed E-state index contributed by atoms with van der Waals surface area (Å²) in [6.45, 7) is 1.88. The summed E-state index contributed by atoms with van der Waals surface area (Å²) < 4.78 is 39.4. The van der Waals surface area contributed by atoms with E-state index in [1.807, 2.05) is 6.92 Å². The van der Waals surface area contributed by atoms with Gasteiger partial charge in [0.25, 0.3) is 0 Å². The smallest absolute Gasteiger partial charge is 0.186 e. The fourth-order valence-corrected chi connectivity index (χ4v) is 5.50. The standard InChI is InChI=1S/C20H17FO3S2/c1-14-4-10-17(11-5-14)26(23,24)20(19-3-2-12-25-19)13-18(22)15-6-8-16(21)9-7-15/h2-12,20H,13H2,1H3. The Morgan fingerprint density at radius 1 is 1.04 bits per heavy atom. The van der Waals surface area contributed by atoms with E-state index in [2.05, 4.69) is 0 Å². The van der Waals surface area contributed by atoms with Crippen molar-refractivity contribution in [1.29, 1.82) is 0 Å². The van der Waals surface area contributed by atoms with Crippen LogP contribution in [0.3, 0.4) is 0 Å². The van der Waals surface area contributed by atoms with Crippen LogP contribution in [0.25, 0.3) is 0 Å². The average Bonchev–Trinajstić information content (AvgIpc) is 3.14. The lowest BCUT2D eigenvalue weighted by atomic mass is 10.1. The summed E-state index contributed by atoms with van der Waals surface area (Å²) in [6.07, 6.45) is -0.192. The van der Waals surface area contributed by atoms with Crippen molar-refractivity contribution in [2.45, 2.75) is 23.5 Å². The molecule has 6 heteroatoms. The number of Topliss-reactive ketones (excluding diaryl/α,β-unsaturated/α-hetero) is 1. The molecule has 26 heavy (non-hydrogen) atoms. The van der Waals surface area contributed by atoms with Gasteiger partial charge in [0.05, 0.1) is 4.90 Å². The van der Waals surface area contributed by atoms with Gasteiger partial charge in [-0.15, -0.1) is 11.3 Å². The molecule has 0 N–H and O–H groups in total. The second-order valence-electron chi connectivity index (χ2n) is 6.00. The molecule has 3 rings (SSSR count). The van der Waals surface area contributed by atoms with E-state index < -0.39 is 20.9 Å². The molecule has 1 heterocycles. The van der Waals surface area contributed by atoms with Crippen molar-refractivity contribution >= 4 is 27.0 Å². The van der Waals surface area contributed by atoms with Gasteiger partial charge in [-0.05, 0) is 54.8 Å². The number of sulfone groups is 1. The number of ketones is 1. The van der Waals surface area contributed by atoms with Gasteiger partial charge in [0.2, 0.25) is 0 Å². The zero-order valence-electron chi connectivity index (χ0n) is 14.1. The van der Waals surface area contributed by atoms with E-state index in [0.717, 1.165) is 5.56 Å². The molecule has 2 aromatic carbocycles. The van der Waals surface area contributed by atoms with Gasteiger partial charge >= 0.3 is 0 Å². The number of benzene rings is 2. The Kier molecular flexibility index (Phi) is 5.34. The number of thiophene rings is 1. The average molecular weight is 388 g/mol. The summed E-state index contributed by atoms with van der Waals surface area (Å²) >= 11 is 1.30. The lowest BCUT2D eigenvalue weighted by Gasteiger charge is -2.16. The van der Waals surface area contributed by atoms with Crippen molar-refractivity contribution in [2.75, 3.05) is 0 Å². The van der Waals surface area contributed by atoms with Crippen LogP contribution in [-0.4, -0.2) is 14.2 Å². The maximum Gasteiger partial charge on any atom is 0.186 e. The van der Waals surface area contributed by atoms with Gasteiger partial charge < -0.3 is 0 Å². The molecule has 0 amide bonds. The highest BCUT2D eigenvalue weighted by atomic mass is 32.2. The fourth-order valence-electron chi connectivity index (χ4n) is 2.65. The van der Waals surface area contributed by atoms with Crippen LogP contribution < -0.4 is 0 Å². The Morgan fingerprint density at radius 3 is 2.27 bits per heavy atom. The maximum atomic E-state index is 13.2. The Bertz CT molecular complexity index is 990. The van der Waals surface area contributed by atoms with Crippen molar-refractivity contribution in [2.24, 2.45) is 0 Å². The van der Waals surface area contributed by atoms with Crippen molar-refractivity contribution in [1.82, 2.24) is 0 Å². The molecule has 134 valence electrons. The minimum Gasteiger partial charge on any atom is -0.294 e. The second-order valence-corrected chi connectivity index (χ2v) is 9.11. The molecule has 0 spiro atoms. The number of halogens is 1. The summed E-state index contributed by atoms with van der Waals surface area (Å²) in [5.41, 5.74) is 1.26. The minimum atomic E-state index is -3.74. The van der Waals surface area contributed by atoms with Crippen molar-refractivity contribution in [3.8, 4) is 0 Å². The molecule has 0 aliphatic rings. The number of aryl methyl sites for hydroxylation is 1. The highest BCUT2D eigenvalue weighted by Crippen LogP contribution is 2.35. The van der Waals surface area contributed by atoms with Gasteiger partial charge in [-0.1, -0.05) is 23.8 Å². The third-order valence-electron chi connectivity index (χ3n) is 4.12. The first kappa shape index (κ1) is 18.5. The third kappa shape index (κ3) is 3.92. The van der Waals surface area contributed by atoms with E-state index in [1.165, 1.54) is 35.6 Å². The van der Waals surface area contributed by atoms with Crippen LogP contribution in [-0.2, 0) is 9.84 Å². The first-order valence-corrected chi connectivity index (χ1v) is 10.4. The van der Waals surface area contributed by atoms with E-state index in [9.17, 15) is 17.6 Å². The molecule has 1 unspecified atom stereocenters. The van der Waals surface area contributed by atoms with Crippen molar-refractivity contribution in [3.05, 3.63) is 87.9 Å². The van der Waals surface area contributed by atoms with Gasteiger partial charge in [0, 0.05) is 16.9 Å². The predicted octanol–water partition coefficient (Wildman–Crippen LogP) is 4.98. The molecular formula is C20H17FO3S2. The summed E-state index contributed by atoms with van der Waals surface area (Å²) in [5, 5.41) is 0.817. The zero-order valence-corrected chi connectivity index (χ0v) is 15.7. The number of hydrogen-bond donors (Lipinski definition) is 0. The van der Waals surface area contributed by atoms with E-state index >= 15 is 0 Å². The Labute approximate surface area is 156 Å². The number of carbonyl (C=O) groups excluding carboxylic acids is 1. The molecule has 0 aliphatic heterocycles. The van der Waals surface area contributed by atoms with Gasteiger partial charge in [0.15, 0.2) is 15.6 Å². The van der Waals surface area contributed by atoms with Crippen LogP contribution in [0.5, 0.6) is 0 Å². The summed E-state index contributed by atoms with van der Waals surface area (Å²) in [5.74, 6) is -0.775. The Hall–Kier alpha value is -2.31. The first-order valence-electron chi connectivity index (χ1n) is 8.00. The van der Waals surface area contributed by atoms with Crippen LogP contribution >= 0.6 is 11.3 Å². The van der Waals surface area contributed by atoms with E-state index in [1.54, 1.807) is 41.8 Å². The number of carbonyl (C=O) groups is 1. The van der Waals surface area contributed by atoms with Gasteiger partial charge in [-0.2, -0.15) is 0 Å². The van der Waals surface area contributed by atoms with Crippen molar-refractivity contribution in [3.63, 3.8) is 0 Å². The van der Waals surface area contributed by atoms with Gasteiger partial charge in [0.1, 0.15) is 11.1 Å². The highest BCUT2D eigenvalue weighted by Gasteiger charge is 2.32. The largest absolute Gasteiger partial charge is 0.294 e. The first-order chi connectivity index (χ1) is 12.4. The number of rotatable bonds is 6. The van der Waals surface area contributed by atoms with Crippen molar-refractivity contribution < 1.29 is 17.6 Å². The lowest BCUT2D eigenvalue weighted by Crippen LogP contribution is -2.17. The molecule has 0 saturated carbocycles.